The number of nitrogens with one attached hydrogen (secondary N) is 1. The van der Waals surface area contributed by atoms with E-state index in [-0.39, 0.29) is 44.2 Å². The zero-order valence-corrected chi connectivity index (χ0v) is 24.3. The number of aryl methyl sites for hydroxylation is 3. The van der Waals surface area contributed by atoms with Gasteiger partial charge in [0.25, 0.3) is 5.91 Å². The Balaban J connectivity index is 0.000000439. The molecule has 2 aliphatic rings. The molecule has 1 aliphatic carbocycles. The molecule has 1 radical (unpaired) electrons. The minimum absolute atomic E-state index is 0. The van der Waals surface area contributed by atoms with Crippen LogP contribution in [0.15, 0.2) is 42.5 Å². The fourth-order valence-electron chi connectivity index (χ4n) is 5.74. The van der Waals surface area contributed by atoms with Gasteiger partial charge in [-0.1, -0.05) is 48.0 Å². The van der Waals surface area contributed by atoms with Gasteiger partial charge in [-0.3, -0.25) is 4.79 Å². The molecule has 4 nitrogen and oxygen atoms in total. The van der Waals surface area contributed by atoms with Crippen LogP contribution in [0.25, 0.3) is 4.85 Å². The van der Waals surface area contributed by atoms with E-state index < -0.39 is 0 Å². The Morgan fingerprint density at radius 3 is 1.91 bits per heavy atom. The largest absolute Gasteiger partial charge is 0.320 e. The Hall–Kier alpha value is -1.54. The number of amides is 1. The van der Waals surface area contributed by atoms with Crippen LogP contribution in [0.5, 0.6) is 0 Å². The summed E-state index contributed by atoms with van der Waals surface area (Å²) in [6, 6.07) is 14.0. The predicted octanol–water partition coefficient (Wildman–Crippen LogP) is 7.12. The minimum atomic E-state index is -0.254. The Kier molecular flexibility index (Phi) is 10.9. The van der Waals surface area contributed by atoms with E-state index in [4.69, 9.17) is 6.57 Å². The third-order valence-electron chi connectivity index (χ3n) is 7.86. The van der Waals surface area contributed by atoms with Gasteiger partial charge in [-0.05, 0) is 70.9 Å². The Bertz CT molecular complexity index is 961. The van der Waals surface area contributed by atoms with Gasteiger partial charge in [0.1, 0.15) is 0 Å². The molecule has 2 fully saturated rings. The molecule has 179 valence electrons. The van der Waals surface area contributed by atoms with E-state index in [0.717, 1.165) is 60.2 Å². The first-order chi connectivity index (χ1) is 15.9. The monoisotopic (exact) mass is 535 g/mol. The van der Waals surface area contributed by atoms with Crippen molar-refractivity contribution in [1.29, 1.82) is 0 Å². The molecule has 2 aromatic carbocycles. The summed E-state index contributed by atoms with van der Waals surface area (Å²) < 4.78 is 0.969. The molecule has 1 saturated heterocycles. The summed E-state index contributed by atoms with van der Waals surface area (Å²) >= 11 is 0. The molecule has 1 saturated carbocycles. The van der Waals surface area contributed by atoms with Gasteiger partial charge in [-0.2, -0.15) is 0 Å². The molecule has 1 N–H and O–H groups in total. The number of quaternary nitrogens is 1. The number of benzene rings is 2. The van der Waals surface area contributed by atoms with Crippen LogP contribution in [0.1, 0.15) is 68.6 Å². The topological polar surface area (TPSA) is 33.5 Å². The van der Waals surface area contributed by atoms with E-state index in [2.05, 4.69) is 36.1 Å². The van der Waals surface area contributed by atoms with Gasteiger partial charge in [-0.15, -0.1) is 0 Å². The molecule has 5 heteroatoms. The van der Waals surface area contributed by atoms with Gasteiger partial charge >= 0.3 is 0 Å². The van der Waals surface area contributed by atoms with Crippen molar-refractivity contribution >= 4 is 17.3 Å². The van der Waals surface area contributed by atoms with E-state index in [1.54, 1.807) is 0 Å². The number of likely N-dealkylation sites (N-methyl/N-ethyl adjacent to an activating group) is 1. The first kappa shape index (κ1) is 28.7. The van der Waals surface area contributed by atoms with Crippen LogP contribution >= 0.6 is 0 Å². The maximum atomic E-state index is 13.6. The van der Waals surface area contributed by atoms with Crippen molar-refractivity contribution in [2.24, 2.45) is 0 Å². The number of nitrogens with zero attached hydrogens (tertiary/aromatic N) is 2. The van der Waals surface area contributed by atoms with E-state index in [9.17, 15) is 4.79 Å². The Morgan fingerprint density at radius 1 is 0.971 bits per heavy atom. The molecule has 1 heterocycles. The Morgan fingerprint density at radius 2 is 1.53 bits per heavy atom. The van der Waals surface area contributed by atoms with Crippen molar-refractivity contribution in [3.8, 4) is 0 Å². The van der Waals surface area contributed by atoms with E-state index in [1.165, 1.54) is 31.2 Å². The summed E-state index contributed by atoms with van der Waals surface area (Å²) in [4.78, 5) is 17.1. The zero-order chi connectivity index (χ0) is 23.9. The fraction of sp³-hybridized carbons (Fsp3) is 0.517. The average Bonchev–Trinajstić information content (AvgIpc) is 3.03. The van der Waals surface area contributed by atoms with Crippen LogP contribution in [0, 0.1) is 27.3 Å². The fourth-order valence-corrected chi connectivity index (χ4v) is 5.74. The van der Waals surface area contributed by atoms with Crippen LogP contribution < -0.4 is 5.32 Å². The number of hydrogen-bond donors (Lipinski definition) is 1. The number of rotatable bonds is 4. The summed E-state index contributed by atoms with van der Waals surface area (Å²) in [5.74, 6) is 0.203. The van der Waals surface area contributed by atoms with Crippen molar-refractivity contribution in [2.45, 2.75) is 78.2 Å². The molecule has 4 rings (SSSR count). The number of carbonyl (C=O) groups excluding carboxylic acids is 1. The molecule has 0 unspecified atom stereocenters. The van der Waals surface area contributed by atoms with E-state index in [0.29, 0.717) is 5.69 Å². The molecule has 1 aliphatic heterocycles. The maximum Gasteiger partial charge on any atom is 0.285 e. The van der Waals surface area contributed by atoms with Gasteiger partial charge in [-0.25, -0.2) is 4.85 Å². The third kappa shape index (κ3) is 6.17. The molecule has 0 atom stereocenters. The molecule has 0 bridgehead atoms. The molecule has 1 amide bonds. The van der Waals surface area contributed by atoms with Gasteiger partial charge in [0, 0.05) is 51.2 Å². The van der Waals surface area contributed by atoms with Crippen molar-refractivity contribution in [3.05, 3.63) is 70.6 Å². The average molecular weight is 536 g/mol. The first-order valence-corrected chi connectivity index (χ1v) is 12.6. The van der Waals surface area contributed by atoms with Crippen molar-refractivity contribution < 1.29 is 42.0 Å². The second-order valence-electron chi connectivity index (χ2n) is 9.88. The number of anilines is 1. The van der Waals surface area contributed by atoms with Crippen LogP contribution in [-0.4, -0.2) is 35.6 Å². The minimum Gasteiger partial charge on any atom is -0.320 e. The maximum absolute atomic E-state index is 13.6. The summed E-state index contributed by atoms with van der Waals surface area (Å²) in [6.45, 7) is 18.9. The molecular weight excluding hydrogens is 495 g/mol. The van der Waals surface area contributed by atoms with Crippen LogP contribution in [0.2, 0.25) is 0 Å². The van der Waals surface area contributed by atoms with Gasteiger partial charge < -0.3 is 9.80 Å². The normalized spacial score (nSPS) is 18.0. The molecule has 0 spiro atoms. The summed E-state index contributed by atoms with van der Waals surface area (Å²) in [5.41, 5.74) is 4.58. The number of likely N-dealkylation sites (tertiary alicyclic amines) is 1. The summed E-state index contributed by atoms with van der Waals surface area (Å²) in [5, 5.41) is 3.29. The van der Waals surface area contributed by atoms with Crippen molar-refractivity contribution in [1.82, 2.24) is 0 Å². The molecule has 0 aromatic heterocycles. The van der Waals surface area contributed by atoms with E-state index in [1.807, 2.05) is 44.2 Å². The molecular formula is C29H40N3OY+. The number of hydrogen-bond acceptors (Lipinski definition) is 1. The molecule has 34 heavy (non-hydrogen) atoms. The van der Waals surface area contributed by atoms with Crippen LogP contribution in [-0.2, 0) is 37.5 Å². The predicted molar refractivity (Wildman–Crippen MR) is 138 cm³/mol. The summed E-state index contributed by atoms with van der Waals surface area (Å²) in [6.07, 6.45) is 8.24. The van der Waals surface area contributed by atoms with Crippen LogP contribution in [0.3, 0.4) is 0 Å². The molecule has 2 aromatic rings. The standard InChI is InChI=1S/C22H31N3O.C7H8.Y/c1-5-25(13-8-6-7-9-14-25)22(11-10-12-22)21(26)24-20-17(2)15-19(23-4)16-18(20)3;1-7-5-3-2-4-6-7;/h15-16H,5-14H2,1-3H3;2-6H,1H3;/p+1. The smallest absolute Gasteiger partial charge is 0.285 e. The third-order valence-corrected chi connectivity index (χ3v) is 7.86. The van der Waals surface area contributed by atoms with Crippen molar-refractivity contribution in [2.75, 3.05) is 25.0 Å². The van der Waals surface area contributed by atoms with Gasteiger partial charge in [0.05, 0.1) is 26.2 Å². The van der Waals surface area contributed by atoms with Gasteiger partial charge in [0.2, 0.25) is 0 Å². The second-order valence-corrected chi connectivity index (χ2v) is 9.88. The second kappa shape index (κ2) is 13.0. The quantitative estimate of drug-likeness (QED) is 0.328. The van der Waals surface area contributed by atoms with Gasteiger partial charge in [0.15, 0.2) is 11.2 Å². The Labute approximate surface area is 231 Å². The SMILES string of the molecule is Cc1ccccc1.[C-]#[N+]c1cc(C)c(NC(=O)C2([N+]3(CC)CCCCCC3)CCC2)c(C)c1.[Y]. The van der Waals surface area contributed by atoms with Crippen LogP contribution in [0.4, 0.5) is 11.4 Å². The van der Waals surface area contributed by atoms with E-state index >= 15 is 0 Å². The van der Waals surface area contributed by atoms with Crippen molar-refractivity contribution in [3.63, 3.8) is 0 Å². The first-order valence-electron chi connectivity index (χ1n) is 12.6. The zero-order valence-electron chi connectivity index (χ0n) is 21.5. The summed E-state index contributed by atoms with van der Waals surface area (Å²) in [7, 11) is 0. The number of carbonyl (C=O) groups is 1.